The van der Waals surface area contributed by atoms with Crippen LogP contribution in [0.4, 0.5) is 18.3 Å². The largest absolute Gasteiger partial charge is 0.494 e. The van der Waals surface area contributed by atoms with Crippen molar-refractivity contribution in [1.82, 2.24) is 15.2 Å². The van der Waals surface area contributed by atoms with E-state index in [9.17, 15) is 13.2 Å². The Labute approximate surface area is 298 Å². The third kappa shape index (κ3) is 11.2. The Hall–Kier alpha value is -2.65. The molecule has 0 saturated carbocycles. The maximum atomic E-state index is 10.6. The van der Waals surface area contributed by atoms with Gasteiger partial charge in [-0.1, -0.05) is 29.3 Å². The molecule has 268 valence electrons. The number of carboxylic acid groups (broad SMARTS) is 1. The third-order valence-electron chi connectivity index (χ3n) is 8.74. The van der Waals surface area contributed by atoms with Crippen molar-refractivity contribution in [2.24, 2.45) is 0 Å². The van der Waals surface area contributed by atoms with Crippen LogP contribution in [0.1, 0.15) is 44.1 Å². The van der Waals surface area contributed by atoms with E-state index in [0.29, 0.717) is 29.3 Å². The molecule has 1 aromatic heterocycles. The number of piperidine rings is 2. The van der Waals surface area contributed by atoms with Gasteiger partial charge >= 0.3 is 12.1 Å². The van der Waals surface area contributed by atoms with Crippen LogP contribution in [0.5, 0.6) is 5.75 Å². The Morgan fingerprint density at radius 3 is 2.33 bits per heavy atom. The molecule has 3 saturated heterocycles. The molecule has 4 heterocycles. The Kier molecular flexibility index (Phi) is 13.4. The molecule has 9 nitrogen and oxygen atoms in total. The number of carbonyl (C=O) groups is 1. The maximum Gasteiger partial charge on any atom is 0.490 e. The van der Waals surface area contributed by atoms with Crippen LogP contribution in [0, 0.1) is 0 Å². The Balaban J connectivity index is 0.000000606. The molecule has 2 aromatic carbocycles. The summed E-state index contributed by atoms with van der Waals surface area (Å²) in [6, 6.07) is 14.8. The van der Waals surface area contributed by atoms with Crippen molar-refractivity contribution < 1.29 is 37.3 Å². The fraction of sp³-hybridized carbons (Fsp3) is 0.529. The molecular formula is C34H41Cl2F3N4O5S. The summed E-state index contributed by atoms with van der Waals surface area (Å²) in [7, 11) is 0. The topological polar surface area (TPSA) is 96.4 Å². The number of halogens is 5. The predicted octanol–water partition coefficient (Wildman–Crippen LogP) is 7.51. The molecule has 0 aliphatic carbocycles. The summed E-state index contributed by atoms with van der Waals surface area (Å²) >= 11 is 13.9. The van der Waals surface area contributed by atoms with E-state index in [0.717, 1.165) is 93.7 Å². The molecule has 3 aromatic rings. The van der Waals surface area contributed by atoms with E-state index in [1.54, 1.807) is 11.3 Å². The molecule has 49 heavy (non-hydrogen) atoms. The summed E-state index contributed by atoms with van der Waals surface area (Å²) in [4.78, 5) is 18.7. The molecule has 3 aliphatic heterocycles. The molecule has 0 bridgehead atoms. The lowest BCUT2D eigenvalue weighted by Gasteiger charge is -2.37. The summed E-state index contributed by atoms with van der Waals surface area (Å²) in [6.07, 6.45) is 1.20. The quantitative estimate of drug-likeness (QED) is 0.194. The number of alkyl halides is 3. The SMILES string of the molecule is Clc1ccc(CN2CCC(NCCCCOc3ccc(-c4csc(N5CCC6(CC5)OCCO6)n4)cc3)CC2)cc1Cl.O=C(O)C(F)(F)F. The van der Waals surface area contributed by atoms with Crippen molar-refractivity contribution in [3.05, 3.63) is 63.5 Å². The first kappa shape index (κ1) is 37.6. The van der Waals surface area contributed by atoms with Gasteiger partial charge in [0.2, 0.25) is 0 Å². The van der Waals surface area contributed by atoms with Crippen molar-refractivity contribution in [3.63, 3.8) is 0 Å². The smallest absolute Gasteiger partial charge is 0.490 e. The number of anilines is 1. The molecular weight excluding hydrogens is 704 g/mol. The molecule has 0 amide bonds. The zero-order valence-electron chi connectivity index (χ0n) is 27.0. The van der Waals surface area contributed by atoms with Crippen molar-refractivity contribution >= 4 is 45.6 Å². The van der Waals surface area contributed by atoms with Crippen LogP contribution < -0.4 is 15.0 Å². The first-order chi connectivity index (χ1) is 23.5. The van der Waals surface area contributed by atoms with Gasteiger partial charge < -0.3 is 29.5 Å². The number of nitrogens with one attached hydrogen (secondary N) is 1. The van der Waals surface area contributed by atoms with Gasteiger partial charge in [-0.15, -0.1) is 11.3 Å². The van der Waals surface area contributed by atoms with Gasteiger partial charge in [0.25, 0.3) is 0 Å². The number of carboxylic acids is 1. The number of hydrogen-bond donors (Lipinski definition) is 2. The summed E-state index contributed by atoms with van der Waals surface area (Å²) in [5.41, 5.74) is 3.36. The first-order valence-electron chi connectivity index (χ1n) is 16.4. The highest BCUT2D eigenvalue weighted by Crippen LogP contribution is 2.35. The van der Waals surface area contributed by atoms with E-state index in [1.165, 1.54) is 18.4 Å². The van der Waals surface area contributed by atoms with Gasteiger partial charge in [0.05, 0.1) is 35.6 Å². The highest BCUT2D eigenvalue weighted by Gasteiger charge is 2.40. The number of likely N-dealkylation sites (tertiary alicyclic amines) is 1. The number of aliphatic carboxylic acids is 1. The number of nitrogens with zero attached hydrogens (tertiary/aromatic N) is 3. The lowest BCUT2D eigenvalue weighted by atomic mass is 10.0. The standard InChI is InChI=1S/C32H40Cl2N4O3S.C2HF3O2/c33-28-8-3-24(21-29(28)34)22-37-14-9-26(10-15-37)35-13-1-2-18-39-27-6-4-25(5-7-27)30-23-42-31(36-30)38-16-11-32(12-17-38)40-19-20-41-32;3-2(4,5)1(6)7/h3-8,21,23,26,35H,1-2,9-20,22H2;(H,6,7). The van der Waals surface area contributed by atoms with Gasteiger partial charge in [-0.25, -0.2) is 9.78 Å². The Bertz CT molecular complexity index is 1490. The number of benzene rings is 2. The van der Waals surface area contributed by atoms with Gasteiger partial charge in [-0.3, -0.25) is 4.90 Å². The minimum Gasteiger partial charge on any atom is -0.494 e. The Morgan fingerprint density at radius 2 is 1.69 bits per heavy atom. The van der Waals surface area contributed by atoms with Gasteiger partial charge in [-0.2, -0.15) is 13.2 Å². The summed E-state index contributed by atoms with van der Waals surface area (Å²) < 4.78 is 49.5. The summed E-state index contributed by atoms with van der Waals surface area (Å²) in [5, 5.41) is 15.3. The predicted molar refractivity (Wildman–Crippen MR) is 185 cm³/mol. The van der Waals surface area contributed by atoms with Crippen LogP contribution in [0.3, 0.4) is 0 Å². The average molecular weight is 746 g/mol. The molecule has 3 aliphatic rings. The van der Waals surface area contributed by atoms with Crippen molar-refractivity contribution in [1.29, 1.82) is 0 Å². The number of thiazole rings is 1. The number of aromatic nitrogens is 1. The third-order valence-corrected chi connectivity index (χ3v) is 10.4. The fourth-order valence-electron chi connectivity index (χ4n) is 6.00. The summed E-state index contributed by atoms with van der Waals surface area (Å²) in [5.74, 6) is -2.20. The van der Waals surface area contributed by atoms with Crippen LogP contribution in [-0.4, -0.2) is 91.5 Å². The number of ether oxygens (including phenoxy) is 3. The second-order valence-electron chi connectivity index (χ2n) is 12.2. The average Bonchev–Trinajstić information content (AvgIpc) is 3.76. The lowest BCUT2D eigenvalue weighted by Crippen LogP contribution is -2.45. The van der Waals surface area contributed by atoms with E-state index in [2.05, 4.69) is 50.8 Å². The molecule has 0 atom stereocenters. The minimum absolute atomic E-state index is 0.351. The van der Waals surface area contributed by atoms with Crippen molar-refractivity contribution in [2.45, 2.75) is 63.1 Å². The van der Waals surface area contributed by atoms with E-state index in [4.69, 9.17) is 52.3 Å². The van der Waals surface area contributed by atoms with E-state index in [1.807, 2.05) is 12.1 Å². The molecule has 0 unspecified atom stereocenters. The van der Waals surface area contributed by atoms with Crippen molar-refractivity contribution in [3.8, 4) is 17.0 Å². The summed E-state index contributed by atoms with van der Waals surface area (Å²) in [6.45, 7) is 8.14. The molecule has 3 fully saturated rings. The van der Waals surface area contributed by atoms with E-state index >= 15 is 0 Å². The van der Waals surface area contributed by atoms with E-state index in [-0.39, 0.29) is 5.79 Å². The number of unbranched alkanes of at least 4 members (excludes halogenated alkanes) is 1. The molecule has 2 N–H and O–H groups in total. The van der Waals surface area contributed by atoms with Crippen LogP contribution in [0.2, 0.25) is 10.0 Å². The van der Waals surface area contributed by atoms with E-state index < -0.39 is 12.1 Å². The Morgan fingerprint density at radius 1 is 1.02 bits per heavy atom. The fourth-order valence-corrected chi connectivity index (χ4v) is 7.21. The van der Waals surface area contributed by atoms with Crippen LogP contribution in [0.15, 0.2) is 47.8 Å². The second kappa shape index (κ2) is 17.5. The zero-order chi connectivity index (χ0) is 34.9. The number of hydrogen-bond acceptors (Lipinski definition) is 9. The molecule has 15 heteroatoms. The van der Waals surface area contributed by atoms with Gasteiger partial charge in [0, 0.05) is 49.5 Å². The zero-order valence-corrected chi connectivity index (χ0v) is 29.4. The van der Waals surface area contributed by atoms with Crippen molar-refractivity contribution in [2.75, 3.05) is 57.4 Å². The van der Waals surface area contributed by atoms with Gasteiger partial charge in [-0.05, 0) is 87.3 Å². The molecule has 6 rings (SSSR count). The van der Waals surface area contributed by atoms with Gasteiger partial charge in [0.15, 0.2) is 10.9 Å². The normalized spacial score (nSPS) is 18.3. The number of rotatable bonds is 11. The highest BCUT2D eigenvalue weighted by molar-refractivity contribution is 7.14. The van der Waals surface area contributed by atoms with Crippen LogP contribution >= 0.6 is 34.5 Å². The van der Waals surface area contributed by atoms with Crippen LogP contribution in [0.25, 0.3) is 11.3 Å². The lowest BCUT2D eigenvalue weighted by molar-refractivity contribution is -0.192. The first-order valence-corrected chi connectivity index (χ1v) is 18.0. The molecule has 1 spiro atoms. The minimum atomic E-state index is -5.08. The maximum absolute atomic E-state index is 10.6. The second-order valence-corrected chi connectivity index (χ2v) is 13.9. The van der Waals surface area contributed by atoms with Gasteiger partial charge in [0.1, 0.15) is 5.75 Å². The molecule has 0 radical (unpaired) electrons. The van der Waals surface area contributed by atoms with Crippen LogP contribution in [-0.2, 0) is 20.8 Å². The monoisotopic (exact) mass is 744 g/mol. The highest BCUT2D eigenvalue weighted by atomic mass is 35.5.